The number of ether oxygens (including phenoxy) is 8. The first kappa shape index (κ1) is 70.9. The van der Waals surface area contributed by atoms with Crippen molar-refractivity contribution in [2.75, 3.05) is 13.1 Å². The fourth-order valence-electron chi connectivity index (χ4n) is 16.4. The zero-order valence-corrected chi connectivity index (χ0v) is 62.0. The molecule has 0 saturated carbocycles. The number of carbonyl (C=O) groups is 4. The molecule has 22 nitrogen and oxygen atoms in total. The van der Waals surface area contributed by atoms with Gasteiger partial charge in [0, 0.05) is 118 Å². The third kappa shape index (κ3) is 13.0. The van der Waals surface area contributed by atoms with E-state index in [1.807, 2.05) is 72.8 Å². The van der Waals surface area contributed by atoms with Gasteiger partial charge < -0.3 is 37.9 Å². The summed E-state index contributed by atoms with van der Waals surface area (Å²) in [5.74, 6) is 2.28. The summed E-state index contributed by atoms with van der Waals surface area (Å²) in [7, 11) is 0. The number of hydrogen-bond donors (Lipinski definition) is 0. The zero-order chi connectivity index (χ0) is 75.3. The lowest BCUT2D eigenvalue weighted by molar-refractivity contribution is 0.0638. The van der Waals surface area contributed by atoms with Crippen LogP contribution in [0, 0.1) is 24.7 Å². The van der Waals surface area contributed by atoms with Crippen molar-refractivity contribution >= 4 is 45.7 Å². The Bertz CT molecular complexity index is 4890. The number of amides is 4. The first-order valence-corrected chi connectivity index (χ1v) is 39.0. The van der Waals surface area contributed by atoms with Crippen molar-refractivity contribution in [2.45, 2.75) is 193 Å². The molecule has 6 aromatic carbocycles. The number of aromatic nitrogens is 8. The molecule has 17 rings (SSSR count). The second kappa shape index (κ2) is 30.2. The summed E-state index contributed by atoms with van der Waals surface area (Å²) < 4.78 is 59.2. The third-order valence-corrected chi connectivity index (χ3v) is 22.0. The molecule has 0 spiro atoms. The quantitative estimate of drug-likeness (QED) is 0.0309. The van der Waals surface area contributed by atoms with Gasteiger partial charge in [-0.2, -0.15) is 0 Å². The fourth-order valence-corrected chi connectivity index (χ4v) is 16.4. The van der Waals surface area contributed by atoms with E-state index in [1.165, 1.54) is 0 Å². The van der Waals surface area contributed by atoms with Gasteiger partial charge in [-0.1, -0.05) is 155 Å². The highest BCUT2D eigenvalue weighted by Crippen LogP contribution is 2.59. The van der Waals surface area contributed by atoms with Crippen molar-refractivity contribution in [3.8, 4) is 118 Å². The zero-order valence-electron chi connectivity index (χ0n) is 62.0. The van der Waals surface area contributed by atoms with Crippen molar-refractivity contribution in [2.24, 2.45) is 0 Å². The highest BCUT2D eigenvalue weighted by atomic mass is 16.6. The van der Waals surface area contributed by atoms with Crippen LogP contribution in [0.2, 0.25) is 0 Å². The van der Waals surface area contributed by atoms with Crippen LogP contribution in [0.15, 0.2) is 97.1 Å². The molecule has 4 amide bonds. The van der Waals surface area contributed by atoms with E-state index in [0.29, 0.717) is 93.7 Å². The SMILES string of the molecule is C#CCCN1C(=O)c2nc3c(nc2C1=O)Oc1cc2c4cc1C(CCCCCC)c1cc5c(cc1O3)Oc1nc3ccccc3nc1Oc1cc3c(cc1C5CCCCCC)C(CCCCCC)c1cc(c(cc1Oc1nc5c(nc1O3)C(=O)N(CCC#C)C5=O)Oc1nc3ccccc3nc1O2)C4CCCCCC. The van der Waals surface area contributed by atoms with Crippen molar-refractivity contribution in [3.63, 3.8) is 0 Å². The van der Waals surface area contributed by atoms with Crippen LogP contribution in [-0.2, 0) is 0 Å². The Morgan fingerprint density at radius 2 is 0.509 bits per heavy atom. The normalized spacial score (nSPS) is 16.9. The van der Waals surface area contributed by atoms with E-state index in [4.69, 9.17) is 90.6 Å². The van der Waals surface area contributed by atoms with Gasteiger partial charge in [0.2, 0.25) is 0 Å². The molecule has 7 aliphatic rings. The molecule has 0 radical (unpaired) electrons. The topological polar surface area (TPSA) is 252 Å². The van der Waals surface area contributed by atoms with Crippen LogP contribution in [0.4, 0.5) is 0 Å². The first-order valence-electron chi connectivity index (χ1n) is 39.0. The third-order valence-electron chi connectivity index (χ3n) is 22.0. The van der Waals surface area contributed by atoms with Crippen LogP contribution < -0.4 is 37.9 Å². The molecule has 0 unspecified atom stereocenters. The lowest BCUT2D eigenvalue weighted by Crippen LogP contribution is -2.30. The van der Waals surface area contributed by atoms with Gasteiger partial charge in [0.05, 0.1) is 22.1 Å². The van der Waals surface area contributed by atoms with Gasteiger partial charge in [-0.05, 0) is 74.2 Å². The van der Waals surface area contributed by atoms with E-state index in [2.05, 4.69) is 63.8 Å². The average molecular weight is 1470 g/mol. The van der Waals surface area contributed by atoms with Gasteiger partial charge in [-0.3, -0.25) is 29.0 Å². The Balaban J connectivity index is 1.04. The number of nitrogens with zero attached hydrogens (tertiary/aromatic N) is 10. The van der Waals surface area contributed by atoms with Crippen LogP contribution >= 0.6 is 0 Å². The minimum absolute atomic E-state index is 0.0359. The predicted octanol–water partition coefficient (Wildman–Crippen LogP) is 20.7. The van der Waals surface area contributed by atoms with Crippen LogP contribution in [0.1, 0.15) is 279 Å². The molecule has 0 fully saturated rings. The molecule has 10 aromatic rings. The number of terminal acetylenes is 2. The average Bonchev–Trinajstić information content (AvgIpc) is 1.50. The maximum absolute atomic E-state index is 14.6. The van der Waals surface area contributed by atoms with Crippen molar-refractivity contribution in [1.29, 1.82) is 0 Å². The Hall–Kier alpha value is -12.0. The summed E-state index contributed by atoms with van der Waals surface area (Å²) >= 11 is 0. The number of fused-ring (bicyclic) bond motifs is 8. The molecule has 0 saturated heterocycles. The Kier molecular flexibility index (Phi) is 19.5. The number of hydrogen-bond acceptors (Lipinski definition) is 20. The standard InChI is InChI=1S/C88H82N10O12/c1-7-13-19-23-31-49-53-41-57-51(33-25-21-15-9-3)59-43-55-50(32-24-20-14-8-2)56-44-60-52(34-26-22-16-10-4)58-42-54(49)66-46-70(58)108-82-84(96-76-74(94-82)86(100)98(88(76)102)40-18-12-6)110-72(60)48-68(56)106-80-79(91-63-37-29-30-38-64(63)92-80)105-67(55)47-71(59)109-83-81(93-73-75(95-83)87(101)97(85(73)99)39-17-11-5)107-69(57)45-65(53)103-77-78(104-66)90-62-36-28-27-35-61(62)89-77/h5-6,27-30,35-38,41-52H,7-10,13-26,31-34,39-40H2,1-4H3. The van der Waals surface area contributed by atoms with Gasteiger partial charge in [0.1, 0.15) is 46.0 Å². The summed E-state index contributed by atoms with van der Waals surface area (Å²) in [4.78, 5) is 101. The molecule has 1 aliphatic carbocycles. The second-order valence-corrected chi connectivity index (χ2v) is 29.3. The van der Waals surface area contributed by atoms with Crippen molar-refractivity contribution < 1.29 is 57.1 Å². The maximum atomic E-state index is 14.6. The van der Waals surface area contributed by atoms with Crippen LogP contribution in [-0.4, -0.2) is 86.4 Å². The van der Waals surface area contributed by atoms with Crippen LogP contribution in [0.25, 0.3) is 22.1 Å². The molecule has 556 valence electrons. The molecule has 10 heterocycles. The van der Waals surface area contributed by atoms with Crippen molar-refractivity contribution in [3.05, 3.63) is 164 Å². The van der Waals surface area contributed by atoms with E-state index in [1.54, 1.807) is 0 Å². The number of carbonyl (C=O) groups excluding carboxylic acids is 4. The molecule has 22 heteroatoms. The predicted molar refractivity (Wildman–Crippen MR) is 410 cm³/mol. The molecule has 8 bridgehead atoms. The Morgan fingerprint density at radius 1 is 0.300 bits per heavy atom. The minimum atomic E-state index is -0.680. The summed E-state index contributed by atoms with van der Waals surface area (Å²) in [5.41, 5.74) is 7.29. The lowest BCUT2D eigenvalue weighted by Gasteiger charge is -2.30. The molecule has 0 atom stereocenters. The highest BCUT2D eigenvalue weighted by molar-refractivity contribution is 6.20. The summed E-state index contributed by atoms with van der Waals surface area (Å²) in [6.07, 6.45) is 28.5. The largest absolute Gasteiger partial charge is 0.434 e. The summed E-state index contributed by atoms with van der Waals surface area (Å²) in [6, 6.07) is 31.3. The maximum Gasteiger partial charge on any atom is 0.284 e. The van der Waals surface area contributed by atoms with E-state index in [0.717, 1.165) is 157 Å². The molecule has 6 aliphatic heterocycles. The number of rotatable bonds is 24. The second-order valence-electron chi connectivity index (χ2n) is 29.3. The van der Waals surface area contributed by atoms with Crippen LogP contribution in [0.3, 0.4) is 0 Å². The molecular weight excluding hydrogens is 1390 g/mol. The monoisotopic (exact) mass is 1470 g/mol. The van der Waals surface area contributed by atoms with Gasteiger partial charge in [0.15, 0.2) is 22.8 Å². The number of unbranched alkanes of at least 4 members (excludes halogenated alkanes) is 12. The van der Waals surface area contributed by atoms with Gasteiger partial charge >= 0.3 is 0 Å². The molecule has 110 heavy (non-hydrogen) atoms. The molecule has 4 aromatic heterocycles. The van der Waals surface area contributed by atoms with E-state index in [9.17, 15) is 19.2 Å². The Morgan fingerprint density at radius 3 is 0.709 bits per heavy atom. The van der Waals surface area contributed by atoms with Crippen LogP contribution in [0.5, 0.6) is 93.0 Å². The minimum Gasteiger partial charge on any atom is -0.434 e. The smallest absolute Gasteiger partial charge is 0.284 e. The van der Waals surface area contributed by atoms with E-state index in [-0.39, 0.29) is 95.7 Å². The highest BCUT2D eigenvalue weighted by Gasteiger charge is 2.45. The van der Waals surface area contributed by atoms with Gasteiger partial charge in [-0.25, -0.2) is 39.9 Å². The lowest BCUT2D eigenvalue weighted by atomic mass is 9.76. The number of benzene rings is 6. The Labute approximate surface area is 637 Å². The number of imide groups is 2. The summed E-state index contributed by atoms with van der Waals surface area (Å²) in [5, 5.41) is 0. The van der Waals surface area contributed by atoms with Gasteiger partial charge in [0.25, 0.3) is 70.7 Å². The fraction of sp³-hybridized carbons (Fsp3) is 0.364. The first-order chi connectivity index (χ1) is 53.9. The van der Waals surface area contributed by atoms with E-state index < -0.39 is 47.3 Å². The summed E-state index contributed by atoms with van der Waals surface area (Å²) in [6.45, 7) is 8.65. The van der Waals surface area contributed by atoms with Crippen molar-refractivity contribution in [1.82, 2.24) is 49.7 Å². The molecular formula is C88H82N10O12. The molecule has 0 N–H and O–H groups in total. The van der Waals surface area contributed by atoms with Gasteiger partial charge in [-0.15, -0.1) is 24.7 Å². The number of para-hydroxylation sites is 4. The van der Waals surface area contributed by atoms with E-state index >= 15 is 0 Å².